The van der Waals surface area contributed by atoms with Gasteiger partial charge < -0.3 is 19.7 Å². The van der Waals surface area contributed by atoms with E-state index in [-0.39, 0.29) is 18.4 Å². The maximum atomic E-state index is 13.1. The highest BCUT2D eigenvalue weighted by atomic mass is 16.5. The fourth-order valence-electron chi connectivity index (χ4n) is 3.74. The second kappa shape index (κ2) is 7.83. The van der Waals surface area contributed by atoms with Crippen LogP contribution in [0, 0.1) is 0 Å². The van der Waals surface area contributed by atoms with Crippen LogP contribution in [-0.2, 0) is 4.79 Å². The highest BCUT2D eigenvalue weighted by Crippen LogP contribution is 2.38. The number of hydrogen-bond acceptors (Lipinski definition) is 4. The largest absolute Gasteiger partial charge is 0.497 e. The van der Waals surface area contributed by atoms with E-state index >= 15 is 0 Å². The standard InChI is InChI=1S/C23H22N2O4/c1-28-15-9-10-21(29-2)20(13-15)18-7-3-6-17-16(18)5-4-8-19(17)23(27)25-12-11-24-22(26)14-25/h3-10,13H,11-12,14H2,1-2H3,(H,24,26). The average Bonchev–Trinajstić information content (AvgIpc) is 2.77. The minimum absolute atomic E-state index is 0.0820. The van der Waals surface area contributed by atoms with Gasteiger partial charge in [-0.15, -0.1) is 0 Å². The molecule has 0 atom stereocenters. The number of methoxy groups -OCH3 is 2. The molecule has 148 valence electrons. The van der Waals surface area contributed by atoms with Crippen molar-refractivity contribution in [1.29, 1.82) is 0 Å². The number of carbonyl (C=O) groups is 2. The van der Waals surface area contributed by atoms with E-state index in [1.54, 1.807) is 19.1 Å². The third kappa shape index (κ3) is 3.49. The lowest BCUT2D eigenvalue weighted by molar-refractivity contribution is -0.123. The molecule has 3 aromatic rings. The van der Waals surface area contributed by atoms with E-state index in [0.717, 1.165) is 33.4 Å². The normalized spacial score (nSPS) is 13.9. The van der Waals surface area contributed by atoms with E-state index in [9.17, 15) is 9.59 Å². The Labute approximate surface area is 169 Å². The van der Waals surface area contributed by atoms with Gasteiger partial charge in [0, 0.05) is 24.2 Å². The van der Waals surface area contributed by atoms with E-state index in [0.29, 0.717) is 18.7 Å². The third-order valence-electron chi connectivity index (χ3n) is 5.17. The van der Waals surface area contributed by atoms with Crippen LogP contribution in [0.15, 0.2) is 54.6 Å². The Balaban J connectivity index is 1.85. The molecule has 0 aliphatic carbocycles. The molecule has 1 N–H and O–H groups in total. The Morgan fingerprint density at radius 2 is 1.76 bits per heavy atom. The Morgan fingerprint density at radius 1 is 0.966 bits per heavy atom. The molecule has 0 radical (unpaired) electrons. The fourth-order valence-corrected chi connectivity index (χ4v) is 3.74. The van der Waals surface area contributed by atoms with Crippen molar-refractivity contribution < 1.29 is 19.1 Å². The van der Waals surface area contributed by atoms with E-state index < -0.39 is 0 Å². The van der Waals surface area contributed by atoms with E-state index in [1.165, 1.54) is 0 Å². The lowest BCUT2D eigenvalue weighted by Crippen LogP contribution is -2.50. The molecule has 0 bridgehead atoms. The monoisotopic (exact) mass is 390 g/mol. The zero-order chi connectivity index (χ0) is 20.4. The van der Waals surface area contributed by atoms with Crippen molar-refractivity contribution in [1.82, 2.24) is 10.2 Å². The summed E-state index contributed by atoms with van der Waals surface area (Å²) in [4.78, 5) is 26.4. The number of piperazine rings is 1. The van der Waals surface area contributed by atoms with Crippen LogP contribution in [0.2, 0.25) is 0 Å². The van der Waals surface area contributed by atoms with Gasteiger partial charge in [0.2, 0.25) is 5.91 Å². The second-order valence-corrected chi connectivity index (χ2v) is 6.85. The Morgan fingerprint density at radius 3 is 2.52 bits per heavy atom. The second-order valence-electron chi connectivity index (χ2n) is 6.85. The third-order valence-corrected chi connectivity index (χ3v) is 5.17. The van der Waals surface area contributed by atoms with Gasteiger partial charge in [0.15, 0.2) is 0 Å². The fraction of sp³-hybridized carbons (Fsp3) is 0.217. The van der Waals surface area contributed by atoms with Gasteiger partial charge in [-0.2, -0.15) is 0 Å². The van der Waals surface area contributed by atoms with E-state index in [2.05, 4.69) is 5.32 Å². The molecule has 6 nitrogen and oxygen atoms in total. The summed E-state index contributed by atoms with van der Waals surface area (Å²) in [5.74, 6) is 1.18. The van der Waals surface area contributed by atoms with Crippen molar-refractivity contribution in [3.05, 3.63) is 60.2 Å². The maximum Gasteiger partial charge on any atom is 0.255 e. The average molecular weight is 390 g/mol. The van der Waals surface area contributed by atoms with Crippen molar-refractivity contribution in [2.45, 2.75) is 0 Å². The molecular formula is C23H22N2O4. The number of nitrogens with zero attached hydrogens (tertiary/aromatic N) is 1. The minimum Gasteiger partial charge on any atom is -0.497 e. The first-order valence-corrected chi connectivity index (χ1v) is 9.42. The number of nitrogens with one attached hydrogen (secondary N) is 1. The zero-order valence-corrected chi connectivity index (χ0v) is 16.4. The highest BCUT2D eigenvalue weighted by molar-refractivity contribution is 6.11. The summed E-state index contributed by atoms with van der Waals surface area (Å²) in [6.07, 6.45) is 0. The molecule has 0 spiro atoms. The first-order chi connectivity index (χ1) is 14.1. The van der Waals surface area contributed by atoms with E-state index in [1.807, 2.05) is 54.6 Å². The molecule has 4 rings (SSSR count). The molecule has 3 aromatic carbocycles. The van der Waals surface area contributed by atoms with Gasteiger partial charge in [0.05, 0.1) is 20.8 Å². The first-order valence-electron chi connectivity index (χ1n) is 9.42. The van der Waals surface area contributed by atoms with Gasteiger partial charge in [0.1, 0.15) is 11.5 Å². The molecule has 0 saturated carbocycles. The summed E-state index contributed by atoms with van der Waals surface area (Å²) in [7, 11) is 3.26. The van der Waals surface area contributed by atoms with Gasteiger partial charge in [-0.3, -0.25) is 9.59 Å². The highest BCUT2D eigenvalue weighted by Gasteiger charge is 2.24. The summed E-state index contributed by atoms with van der Waals surface area (Å²) in [6.45, 7) is 1.06. The van der Waals surface area contributed by atoms with Crippen molar-refractivity contribution in [3.8, 4) is 22.6 Å². The number of benzene rings is 3. The van der Waals surface area contributed by atoms with Crippen LogP contribution in [0.3, 0.4) is 0 Å². The molecule has 1 saturated heterocycles. The quantitative estimate of drug-likeness (QED) is 0.743. The molecule has 1 heterocycles. The Bertz CT molecular complexity index is 1090. The van der Waals surface area contributed by atoms with Crippen LogP contribution in [0.4, 0.5) is 0 Å². The Hall–Kier alpha value is -3.54. The van der Waals surface area contributed by atoms with Gasteiger partial charge in [0.25, 0.3) is 5.91 Å². The van der Waals surface area contributed by atoms with Crippen LogP contribution in [-0.4, -0.2) is 50.6 Å². The summed E-state index contributed by atoms with van der Waals surface area (Å²) in [6, 6.07) is 17.2. The number of carbonyl (C=O) groups excluding carboxylic acids is 2. The molecule has 1 aliphatic heterocycles. The molecular weight excluding hydrogens is 368 g/mol. The predicted molar refractivity (Wildman–Crippen MR) is 111 cm³/mol. The molecule has 0 aromatic heterocycles. The molecule has 2 amide bonds. The van der Waals surface area contributed by atoms with Crippen LogP contribution in [0.5, 0.6) is 11.5 Å². The van der Waals surface area contributed by atoms with E-state index in [4.69, 9.17) is 9.47 Å². The van der Waals surface area contributed by atoms with Crippen molar-refractivity contribution in [2.24, 2.45) is 0 Å². The number of ether oxygens (including phenoxy) is 2. The number of hydrogen-bond donors (Lipinski definition) is 1. The van der Waals surface area contributed by atoms with Gasteiger partial charge in [-0.1, -0.05) is 30.3 Å². The topological polar surface area (TPSA) is 67.9 Å². The number of fused-ring (bicyclic) bond motifs is 1. The van der Waals surface area contributed by atoms with Crippen LogP contribution < -0.4 is 14.8 Å². The van der Waals surface area contributed by atoms with Crippen LogP contribution in [0.1, 0.15) is 10.4 Å². The van der Waals surface area contributed by atoms with Gasteiger partial charge in [-0.25, -0.2) is 0 Å². The van der Waals surface area contributed by atoms with Crippen LogP contribution in [0.25, 0.3) is 21.9 Å². The van der Waals surface area contributed by atoms with Crippen molar-refractivity contribution in [2.75, 3.05) is 33.9 Å². The number of rotatable bonds is 4. The predicted octanol–water partition coefficient (Wildman–Crippen LogP) is 3.10. The Kier molecular flexibility index (Phi) is 5.08. The maximum absolute atomic E-state index is 13.1. The van der Waals surface area contributed by atoms with Crippen molar-refractivity contribution in [3.63, 3.8) is 0 Å². The minimum atomic E-state index is -0.139. The lowest BCUT2D eigenvalue weighted by Gasteiger charge is -2.27. The molecule has 0 unspecified atom stereocenters. The number of amides is 2. The smallest absolute Gasteiger partial charge is 0.255 e. The SMILES string of the molecule is COc1ccc(OC)c(-c2cccc3c(C(=O)N4CCNC(=O)C4)cccc23)c1. The lowest BCUT2D eigenvalue weighted by atomic mass is 9.94. The summed E-state index contributed by atoms with van der Waals surface area (Å²) < 4.78 is 10.9. The molecule has 6 heteroatoms. The summed E-state index contributed by atoms with van der Waals surface area (Å²) >= 11 is 0. The molecule has 1 fully saturated rings. The molecule has 29 heavy (non-hydrogen) atoms. The molecule has 1 aliphatic rings. The summed E-state index contributed by atoms with van der Waals surface area (Å²) in [5, 5.41) is 4.53. The van der Waals surface area contributed by atoms with Gasteiger partial charge >= 0.3 is 0 Å². The van der Waals surface area contributed by atoms with Gasteiger partial charge in [-0.05, 0) is 40.6 Å². The van der Waals surface area contributed by atoms with Crippen LogP contribution >= 0.6 is 0 Å². The summed E-state index contributed by atoms with van der Waals surface area (Å²) in [5.41, 5.74) is 2.42. The first kappa shape index (κ1) is 18.8. The zero-order valence-electron chi connectivity index (χ0n) is 16.4. The van der Waals surface area contributed by atoms with Crippen molar-refractivity contribution >= 4 is 22.6 Å².